The number of nitrogens with zero attached hydrogens (tertiary/aromatic N) is 2. The van der Waals surface area contributed by atoms with Crippen LogP contribution in [0.3, 0.4) is 0 Å². The Hall–Kier alpha value is -1.35. The maximum atomic E-state index is 4.66. The maximum absolute atomic E-state index is 4.66. The summed E-state index contributed by atoms with van der Waals surface area (Å²) in [6, 6.07) is 10.2. The predicted molar refractivity (Wildman–Crippen MR) is 86.9 cm³/mol. The molecule has 0 radical (unpaired) electrons. The van der Waals surface area contributed by atoms with Crippen LogP contribution in [0.25, 0.3) is 0 Å². The van der Waals surface area contributed by atoms with Gasteiger partial charge in [-0.2, -0.15) is 9.98 Å². The summed E-state index contributed by atoms with van der Waals surface area (Å²) in [5.41, 5.74) is -0.746. The lowest BCUT2D eigenvalue weighted by molar-refractivity contribution is 0.571. The fourth-order valence-corrected chi connectivity index (χ4v) is 2.84. The highest BCUT2D eigenvalue weighted by molar-refractivity contribution is 8.03. The van der Waals surface area contributed by atoms with Crippen LogP contribution >= 0.6 is 36.2 Å². The molecule has 0 saturated carbocycles. The van der Waals surface area contributed by atoms with E-state index in [1.54, 1.807) is 11.8 Å². The van der Waals surface area contributed by atoms with Crippen LogP contribution in [-0.2, 0) is 0 Å². The number of hydrogen-bond acceptors (Lipinski definition) is 5. The van der Waals surface area contributed by atoms with Crippen molar-refractivity contribution in [2.75, 3.05) is 0 Å². The standard InChI is InChI=1S/C14H10N2S3/c17-10-15-14(16-11-18)8-6-13(7-9-14)19-12-4-2-1-3-5-12/h1-8H,9H2. The highest BCUT2D eigenvalue weighted by Crippen LogP contribution is 2.34. The van der Waals surface area contributed by atoms with Gasteiger partial charge in [0.2, 0.25) is 0 Å². The van der Waals surface area contributed by atoms with Crippen molar-refractivity contribution in [1.82, 2.24) is 0 Å². The van der Waals surface area contributed by atoms with Crippen molar-refractivity contribution in [3.63, 3.8) is 0 Å². The highest BCUT2D eigenvalue weighted by Gasteiger charge is 2.26. The van der Waals surface area contributed by atoms with Gasteiger partial charge in [0.05, 0.1) is 10.3 Å². The molecular weight excluding hydrogens is 292 g/mol. The fourth-order valence-electron chi connectivity index (χ4n) is 1.65. The molecule has 0 unspecified atom stereocenters. The van der Waals surface area contributed by atoms with E-state index in [-0.39, 0.29) is 0 Å². The second-order valence-corrected chi connectivity index (χ2v) is 5.36. The van der Waals surface area contributed by atoms with Crippen LogP contribution in [0.15, 0.2) is 68.3 Å². The molecule has 0 amide bonds. The van der Waals surface area contributed by atoms with Gasteiger partial charge >= 0.3 is 0 Å². The summed E-state index contributed by atoms with van der Waals surface area (Å²) >= 11 is 11.0. The Kier molecular flexibility index (Phi) is 4.97. The summed E-state index contributed by atoms with van der Waals surface area (Å²) in [6.07, 6.45) is 6.56. The monoisotopic (exact) mass is 302 g/mol. The van der Waals surface area contributed by atoms with Gasteiger partial charge in [-0.15, -0.1) is 0 Å². The third-order valence-electron chi connectivity index (χ3n) is 2.58. The first kappa shape index (κ1) is 14.1. The summed E-state index contributed by atoms with van der Waals surface area (Å²) in [4.78, 5) is 10.5. The molecule has 0 saturated heterocycles. The Morgan fingerprint density at radius 2 is 1.79 bits per heavy atom. The number of benzene rings is 1. The zero-order chi connectivity index (χ0) is 13.6. The minimum absolute atomic E-state index is 0.617. The SMILES string of the molecule is S=C=NC1(N=C=S)C=CC(Sc2ccccc2)=CC1. The first-order valence-corrected chi connectivity index (χ1v) is 7.22. The van der Waals surface area contributed by atoms with Crippen molar-refractivity contribution in [2.45, 2.75) is 17.0 Å². The van der Waals surface area contributed by atoms with Crippen LogP contribution in [0, 0.1) is 0 Å². The number of allylic oxidation sites excluding steroid dienone is 1. The van der Waals surface area contributed by atoms with Crippen molar-refractivity contribution in [1.29, 1.82) is 0 Å². The van der Waals surface area contributed by atoms with Gasteiger partial charge in [0.1, 0.15) is 0 Å². The van der Waals surface area contributed by atoms with Crippen molar-refractivity contribution in [3.8, 4) is 0 Å². The molecule has 0 N–H and O–H groups in total. The lowest BCUT2D eigenvalue weighted by atomic mass is 10.0. The van der Waals surface area contributed by atoms with Gasteiger partial charge in [-0.1, -0.05) is 36.0 Å². The molecule has 0 aromatic heterocycles. The van der Waals surface area contributed by atoms with Gasteiger partial charge in [-0.25, -0.2) is 0 Å². The number of aliphatic imine (C=N–C) groups is 2. The molecule has 1 aliphatic rings. The molecule has 5 heteroatoms. The van der Waals surface area contributed by atoms with Gasteiger partial charge in [-0.3, -0.25) is 0 Å². The van der Waals surface area contributed by atoms with E-state index in [2.05, 4.69) is 63.0 Å². The van der Waals surface area contributed by atoms with E-state index in [9.17, 15) is 0 Å². The zero-order valence-corrected chi connectivity index (χ0v) is 12.4. The summed E-state index contributed by atoms with van der Waals surface area (Å²) in [7, 11) is 0. The Bertz CT molecular complexity index is 589. The minimum atomic E-state index is -0.746. The van der Waals surface area contributed by atoms with Crippen LogP contribution in [0.5, 0.6) is 0 Å². The molecule has 1 aromatic carbocycles. The number of isothiocyanates is 2. The summed E-state index contributed by atoms with van der Waals surface area (Å²) in [5, 5.41) is 4.74. The first-order chi connectivity index (χ1) is 9.28. The van der Waals surface area contributed by atoms with Crippen LogP contribution < -0.4 is 0 Å². The Balaban J connectivity index is 2.14. The normalized spacial score (nSPS) is 20.9. The minimum Gasteiger partial charge on any atom is -0.196 e. The van der Waals surface area contributed by atoms with Gasteiger partial charge in [0.15, 0.2) is 5.66 Å². The van der Waals surface area contributed by atoms with E-state index in [0.29, 0.717) is 6.42 Å². The quantitative estimate of drug-likeness (QED) is 0.603. The van der Waals surface area contributed by atoms with Gasteiger partial charge in [0, 0.05) is 16.2 Å². The van der Waals surface area contributed by atoms with E-state index in [1.165, 1.54) is 4.90 Å². The van der Waals surface area contributed by atoms with Crippen LogP contribution in [0.2, 0.25) is 0 Å². The van der Waals surface area contributed by atoms with Gasteiger partial charge < -0.3 is 0 Å². The lowest BCUT2D eigenvalue weighted by Gasteiger charge is -2.21. The predicted octanol–water partition coefficient (Wildman–Crippen LogP) is 4.52. The van der Waals surface area contributed by atoms with Crippen molar-refractivity contribution in [2.24, 2.45) is 9.98 Å². The zero-order valence-electron chi connectivity index (χ0n) is 9.95. The molecule has 94 valence electrons. The summed E-state index contributed by atoms with van der Waals surface area (Å²) < 4.78 is 0. The molecule has 0 bridgehead atoms. The van der Waals surface area contributed by atoms with Crippen LogP contribution in [0.1, 0.15) is 6.42 Å². The smallest absolute Gasteiger partial charge is 0.191 e. The molecule has 0 aliphatic heterocycles. The molecule has 0 atom stereocenters. The highest BCUT2D eigenvalue weighted by atomic mass is 32.2. The number of thioether (sulfide) groups is 1. The van der Waals surface area contributed by atoms with Crippen molar-refractivity contribution < 1.29 is 0 Å². The van der Waals surface area contributed by atoms with Crippen molar-refractivity contribution in [3.05, 3.63) is 53.5 Å². The van der Waals surface area contributed by atoms with Gasteiger partial charge in [-0.05, 0) is 48.7 Å². The van der Waals surface area contributed by atoms with Crippen LogP contribution in [0.4, 0.5) is 0 Å². The molecule has 2 rings (SSSR count). The third kappa shape index (κ3) is 3.80. The van der Waals surface area contributed by atoms with Crippen LogP contribution in [-0.4, -0.2) is 16.0 Å². The number of rotatable bonds is 4. The van der Waals surface area contributed by atoms with Gasteiger partial charge in [0.25, 0.3) is 0 Å². The maximum Gasteiger partial charge on any atom is 0.191 e. The number of thiocarbonyl (C=S) groups is 2. The largest absolute Gasteiger partial charge is 0.196 e. The van der Waals surface area contributed by atoms with E-state index in [1.807, 2.05) is 30.4 Å². The molecule has 0 fully saturated rings. The Morgan fingerprint density at radius 3 is 2.32 bits per heavy atom. The fraction of sp³-hybridized carbons (Fsp3) is 0.143. The van der Waals surface area contributed by atoms with E-state index in [4.69, 9.17) is 0 Å². The molecule has 0 spiro atoms. The molecule has 2 nitrogen and oxygen atoms in total. The average Bonchev–Trinajstić information content (AvgIpc) is 2.43. The summed E-state index contributed by atoms with van der Waals surface area (Å²) in [5.74, 6) is 0. The Labute approximate surface area is 127 Å². The topological polar surface area (TPSA) is 24.7 Å². The Morgan fingerprint density at radius 1 is 1.11 bits per heavy atom. The second-order valence-electron chi connectivity index (χ2n) is 3.84. The molecule has 19 heavy (non-hydrogen) atoms. The molecule has 0 heterocycles. The van der Waals surface area contributed by atoms with E-state index >= 15 is 0 Å². The average molecular weight is 302 g/mol. The summed E-state index contributed by atoms with van der Waals surface area (Å²) in [6.45, 7) is 0. The van der Waals surface area contributed by atoms with E-state index < -0.39 is 5.66 Å². The molecule has 1 aliphatic carbocycles. The molecular formula is C14H10N2S3. The van der Waals surface area contributed by atoms with Crippen molar-refractivity contribution >= 4 is 46.5 Å². The third-order valence-corrected chi connectivity index (χ3v) is 3.80. The number of hydrogen-bond donors (Lipinski definition) is 0. The molecule has 1 aromatic rings. The first-order valence-electron chi connectivity index (χ1n) is 5.58. The van der Waals surface area contributed by atoms with E-state index in [0.717, 1.165) is 4.91 Å². The lowest BCUT2D eigenvalue weighted by Crippen LogP contribution is -2.21. The second kappa shape index (κ2) is 6.71.